The molecule has 4 rings (SSSR count). The van der Waals surface area contributed by atoms with E-state index in [4.69, 9.17) is 33.2 Å². The number of hydrogen-bond donors (Lipinski definition) is 1. The number of methoxy groups -OCH3 is 1. The van der Waals surface area contributed by atoms with Crippen LogP contribution in [0.1, 0.15) is 83.7 Å². The Morgan fingerprint density at radius 1 is 1.07 bits per heavy atom. The number of esters is 2. The third-order valence-electron chi connectivity index (χ3n) is 11.3. The highest BCUT2D eigenvalue weighted by atomic mass is 16.7. The molecule has 0 spiro atoms. The Hall–Kier alpha value is -3.62. The van der Waals surface area contributed by atoms with Gasteiger partial charge >= 0.3 is 11.9 Å². The number of carbonyl (C=O) groups excluding carboxylic acids is 2. The van der Waals surface area contributed by atoms with Gasteiger partial charge in [-0.3, -0.25) is 4.90 Å². The largest absolute Gasteiger partial charge is 0.456 e. The molecule has 2 aromatic carbocycles. The third-order valence-corrected chi connectivity index (χ3v) is 11.3. The fraction of sp³-hybridized carbons (Fsp3) is 0.609. The smallest absolute Gasteiger partial charge is 0.340 e. The van der Waals surface area contributed by atoms with Crippen molar-refractivity contribution in [3.05, 3.63) is 95.8 Å². The van der Waals surface area contributed by atoms with Gasteiger partial charge in [-0.2, -0.15) is 0 Å². The van der Waals surface area contributed by atoms with Crippen molar-refractivity contribution in [3.63, 3.8) is 0 Å². The van der Waals surface area contributed by atoms with Gasteiger partial charge in [-0.15, -0.1) is 6.58 Å². The summed E-state index contributed by atoms with van der Waals surface area (Å²) in [5, 5.41) is 10.7. The molecule has 1 saturated heterocycles. The van der Waals surface area contributed by atoms with E-state index in [-0.39, 0.29) is 36.8 Å². The van der Waals surface area contributed by atoms with E-state index in [9.17, 15) is 14.7 Å². The summed E-state index contributed by atoms with van der Waals surface area (Å²) in [6, 6.07) is 18.3. The predicted molar refractivity (Wildman–Crippen MR) is 223 cm³/mol. The lowest BCUT2D eigenvalue weighted by atomic mass is 9.80. The molecule has 10 atom stereocenters. The Morgan fingerprint density at radius 3 is 2.29 bits per heavy atom. The number of rotatable bonds is 21. The molecular formula is C46H68N2O10. The summed E-state index contributed by atoms with van der Waals surface area (Å²) in [4.78, 5) is 31.0. The van der Waals surface area contributed by atoms with Crippen LogP contribution in [0.3, 0.4) is 0 Å². The topological polar surface area (TPSA) is 125 Å². The van der Waals surface area contributed by atoms with Crippen LogP contribution in [0.5, 0.6) is 0 Å². The van der Waals surface area contributed by atoms with E-state index < -0.39 is 47.7 Å². The van der Waals surface area contributed by atoms with E-state index in [2.05, 4.69) is 18.4 Å². The van der Waals surface area contributed by atoms with Gasteiger partial charge in [0, 0.05) is 33.4 Å². The first-order chi connectivity index (χ1) is 27.4. The summed E-state index contributed by atoms with van der Waals surface area (Å²) in [5.74, 6) is -2.31. The van der Waals surface area contributed by atoms with Crippen LogP contribution < -0.4 is 0 Å². The second-order valence-corrected chi connectivity index (χ2v) is 16.9. The van der Waals surface area contributed by atoms with Gasteiger partial charge in [0.1, 0.15) is 5.76 Å². The molecule has 58 heavy (non-hydrogen) atoms. The number of likely N-dealkylation sites (N-methyl/N-ethyl adjacent to an activating group) is 2. The standard InChI is InChI=1S/C46H68N2O10/c1-13-20-38(53-29-34-21-16-14-17-22-34)37(28-49)48(11)27-30(2)26-46(8,52-12)41(32(4)39-33(5)42(50)58-45(6,7)57-39)56-44-40(36(47(9)10)25-31(3)54-44)55-43(51)35-23-18-15-19-24-35/h13-19,21-24,30-32,36-38,40-41,44,49H,1,20,25-29H2,2-12H3/t30-,31-,32+,36+,37+,38-,40-,41-,44+,46-/m1/s1. The molecular weight excluding hydrogens is 741 g/mol. The van der Waals surface area contributed by atoms with Crippen molar-refractivity contribution >= 4 is 11.9 Å². The molecule has 12 nitrogen and oxygen atoms in total. The van der Waals surface area contributed by atoms with Crippen LogP contribution in [0, 0.1) is 11.8 Å². The van der Waals surface area contributed by atoms with Crippen molar-refractivity contribution in [1.29, 1.82) is 0 Å². The highest BCUT2D eigenvalue weighted by Crippen LogP contribution is 2.41. The molecule has 2 heterocycles. The van der Waals surface area contributed by atoms with E-state index in [0.717, 1.165) is 5.56 Å². The van der Waals surface area contributed by atoms with Gasteiger partial charge in [-0.1, -0.05) is 68.5 Å². The SMILES string of the molecule is C=CC[C@@H](OCc1ccccc1)[C@H](CO)N(C)C[C@H](C)C[C@@](C)(OC)[C@H](O[C@@H]1O[C@H](C)C[C@H](N(C)C)[C@H]1OC(=O)c1ccccc1)[C@@H](C)C1=C(C)C(=O)OC(C)(C)O1. The highest BCUT2D eigenvalue weighted by molar-refractivity contribution is 5.89. The molecule has 2 aliphatic rings. The average Bonchev–Trinajstić information content (AvgIpc) is 3.18. The lowest BCUT2D eigenvalue weighted by Crippen LogP contribution is -2.59. The molecule has 1 N–H and O–H groups in total. The number of carbonyl (C=O) groups is 2. The van der Waals surface area contributed by atoms with Gasteiger partial charge < -0.3 is 43.2 Å². The number of aliphatic hydroxyl groups excluding tert-OH is 1. The van der Waals surface area contributed by atoms with Gasteiger partial charge in [0.25, 0.3) is 0 Å². The van der Waals surface area contributed by atoms with Crippen LogP contribution >= 0.6 is 0 Å². The summed E-state index contributed by atoms with van der Waals surface area (Å²) in [5.41, 5.74) is 0.792. The van der Waals surface area contributed by atoms with E-state index in [0.29, 0.717) is 49.3 Å². The van der Waals surface area contributed by atoms with Gasteiger partial charge in [-0.05, 0) is 84.8 Å². The summed E-state index contributed by atoms with van der Waals surface area (Å²) in [6.07, 6.45) is 0.348. The van der Waals surface area contributed by atoms with Crippen molar-refractivity contribution in [3.8, 4) is 0 Å². The number of cyclic esters (lactones) is 1. The molecule has 1 fully saturated rings. The Kier molecular flexibility index (Phi) is 17.1. The Balaban J connectivity index is 1.67. The molecule has 2 aliphatic heterocycles. The zero-order chi connectivity index (χ0) is 42.8. The zero-order valence-corrected chi connectivity index (χ0v) is 36.5. The number of aliphatic hydroxyl groups is 1. The first-order valence-electron chi connectivity index (χ1n) is 20.4. The minimum atomic E-state index is -1.21. The molecule has 2 aromatic rings. The molecule has 322 valence electrons. The summed E-state index contributed by atoms with van der Waals surface area (Å²) >= 11 is 0. The van der Waals surface area contributed by atoms with Gasteiger partial charge in [-0.25, -0.2) is 9.59 Å². The van der Waals surface area contributed by atoms with Crippen LogP contribution in [0.4, 0.5) is 0 Å². The number of ether oxygens (including phenoxy) is 7. The molecule has 0 bridgehead atoms. The van der Waals surface area contributed by atoms with Crippen LogP contribution in [-0.4, -0.2) is 122 Å². The van der Waals surface area contributed by atoms with Crippen LogP contribution in [0.2, 0.25) is 0 Å². The van der Waals surface area contributed by atoms with E-state index in [1.165, 1.54) is 0 Å². The van der Waals surface area contributed by atoms with E-state index in [1.807, 2.05) is 89.3 Å². The Morgan fingerprint density at radius 2 is 1.71 bits per heavy atom. The molecule has 0 saturated carbocycles. The Labute approximate surface area is 346 Å². The monoisotopic (exact) mass is 808 g/mol. The lowest BCUT2D eigenvalue weighted by Gasteiger charge is -2.48. The molecule has 0 amide bonds. The molecule has 0 aliphatic carbocycles. The van der Waals surface area contributed by atoms with Crippen LogP contribution in [0.25, 0.3) is 0 Å². The second kappa shape index (κ2) is 21.1. The quantitative estimate of drug-likeness (QED) is 0.106. The minimum Gasteiger partial charge on any atom is -0.456 e. The van der Waals surface area contributed by atoms with Gasteiger partial charge in [0.05, 0.1) is 60.3 Å². The maximum atomic E-state index is 13.6. The summed E-state index contributed by atoms with van der Waals surface area (Å²) in [6.45, 7) is 18.0. The lowest BCUT2D eigenvalue weighted by molar-refractivity contribution is -0.298. The van der Waals surface area contributed by atoms with Gasteiger partial charge in [0.2, 0.25) is 5.79 Å². The molecule has 12 heteroatoms. The van der Waals surface area contributed by atoms with E-state index in [1.54, 1.807) is 52.1 Å². The fourth-order valence-electron chi connectivity index (χ4n) is 8.32. The highest BCUT2D eigenvalue weighted by Gasteiger charge is 2.50. The second-order valence-electron chi connectivity index (χ2n) is 16.9. The number of benzene rings is 2. The molecule has 0 aromatic heterocycles. The maximum absolute atomic E-state index is 13.6. The zero-order valence-electron chi connectivity index (χ0n) is 36.5. The summed E-state index contributed by atoms with van der Waals surface area (Å²) in [7, 11) is 7.53. The average molecular weight is 809 g/mol. The van der Waals surface area contributed by atoms with Crippen molar-refractivity contribution in [2.24, 2.45) is 11.8 Å². The summed E-state index contributed by atoms with van der Waals surface area (Å²) < 4.78 is 44.8. The third kappa shape index (κ3) is 12.2. The molecule has 0 radical (unpaired) electrons. The number of hydrogen-bond acceptors (Lipinski definition) is 12. The van der Waals surface area contributed by atoms with Crippen molar-refractivity contribution in [2.75, 3.05) is 41.4 Å². The predicted octanol–water partition coefficient (Wildman–Crippen LogP) is 6.77. The maximum Gasteiger partial charge on any atom is 0.340 e. The van der Waals surface area contributed by atoms with Crippen molar-refractivity contribution < 1.29 is 47.9 Å². The first-order valence-corrected chi connectivity index (χ1v) is 20.4. The first kappa shape index (κ1) is 47.1. The van der Waals surface area contributed by atoms with Crippen LogP contribution in [0.15, 0.2) is 84.7 Å². The number of nitrogens with zero attached hydrogens (tertiary/aromatic N) is 2. The van der Waals surface area contributed by atoms with Gasteiger partial charge in [0.15, 0.2) is 12.4 Å². The van der Waals surface area contributed by atoms with E-state index >= 15 is 0 Å². The van der Waals surface area contributed by atoms with Crippen molar-refractivity contribution in [1.82, 2.24) is 9.80 Å². The Bertz CT molecular complexity index is 1650. The van der Waals surface area contributed by atoms with Crippen molar-refractivity contribution in [2.45, 2.75) is 129 Å². The van der Waals surface area contributed by atoms with Crippen LogP contribution in [-0.2, 0) is 44.6 Å². The fourth-order valence-corrected chi connectivity index (χ4v) is 8.32. The normalized spacial score (nSPS) is 24.6. The minimum absolute atomic E-state index is 0.00279. The molecule has 0 unspecified atom stereocenters.